The van der Waals surface area contributed by atoms with Crippen LogP contribution in [0.25, 0.3) is 108 Å². The minimum atomic E-state index is 1.08. The monoisotopic (exact) mass is 964 g/mol. The minimum Gasteiger partial charge on any atom is -0.310 e. The molecule has 76 heavy (non-hydrogen) atoms. The minimum absolute atomic E-state index is 1.08. The van der Waals surface area contributed by atoms with Crippen molar-refractivity contribution in [1.29, 1.82) is 0 Å². The average Bonchev–Trinajstić information content (AvgIpc) is 3.51. The molecule has 0 aromatic heterocycles. The van der Waals surface area contributed by atoms with E-state index in [0.29, 0.717) is 0 Å². The molecule has 0 saturated heterocycles. The maximum absolute atomic E-state index is 2.46. The predicted octanol–water partition coefficient (Wildman–Crippen LogP) is 21.2. The van der Waals surface area contributed by atoms with E-state index >= 15 is 0 Å². The largest absolute Gasteiger partial charge is 0.310 e. The van der Waals surface area contributed by atoms with Gasteiger partial charge in [0.15, 0.2) is 0 Å². The third kappa shape index (κ3) is 7.50. The Morgan fingerprint density at radius 2 is 0.382 bits per heavy atom. The molecule has 0 aliphatic rings. The fourth-order valence-corrected chi connectivity index (χ4v) is 12.0. The van der Waals surface area contributed by atoms with Crippen molar-refractivity contribution in [3.05, 3.63) is 291 Å². The summed E-state index contributed by atoms with van der Waals surface area (Å²) in [6.45, 7) is 0. The summed E-state index contributed by atoms with van der Waals surface area (Å²) in [5.74, 6) is 0. The SMILES string of the molecule is c1ccc2cc(-c3c4ccc(N(c5ccc6ccccc6c5)c5ccc6ccccc6c5)cc4c(-c4ccc5ccccc5c4)c4ccc(N(c5ccc6ccccc6c5)c5ccc6ccccc6c5)cc34)ccc2c1. The summed E-state index contributed by atoms with van der Waals surface area (Å²) in [4.78, 5) is 4.88. The number of benzene rings is 15. The van der Waals surface area contributed by atoms with Gasteiger partial charge in [0.2, 0.25) is 0 Å². The average molecular weight is 965 g/mol. The molecule has 0 atom stereocenters. The van der Waals surface area contributed by atoms with Gasteiger partial charge in [-0.1, -0.05) is 206 Å². The van der Waals surface area contributed by atoms with Crippen LogP contribution in [0.3, 0.4) is 0 Å². The Labute approximate surface area is 441 Å². The number of hydrogen-bond donors (Lipinski definition) is 0. The van der Waals surface area contributed by atoms with Crippen molar-refractivity contribution in [2.45, 2.75) is 0 Å². The third-order valence-electron chi connectivity index (χ3n) is 15.6. The van der Waals surface area contributed by atoms with E-state index < -0.39 is 0 Å². The summed E-state index contributed by atoms with van der Waals surface area (Å²) in [6, 6.07) is 108. The van der Waals surface area contributed by atoms with Crippen LogP contribution in [0.4, 0.5) is 34.1 Å². The molecule has 354 valence electrons. The van der Waals surface area contributed by atoms with Crippen molar-refractivity contribution in [3.63, 3.8) is 0 Å². The van der Waals surface area contributed by atoms with Crippen molar-refractivity contribution in [2.75, 3.05) is 9.80 Å². The molecular weight excluding hydrogens is 917 g/mol. The van der Waals surface area contributed by atoms with Gasteiger partial charge in [-0.15, -0.1) is 0 Å². The number of anilines is 6. The maximum atomic E-state index is 2.46. The molecule has 15 aromatic carbocycles. The number of hydrogen-bond acceptors (Lipinski definition) is 2. The van der Waals surface area contributed by atoms with Gasteiger partial charge < -0.3 is 9.80 Å². The van der Waals surface area contributed by atoms with Gasteiger partial charge in [-0.25, -0.2) is 0 Å². The Balaban J connectivity index is 1.05. The van der Waals surface area contributed by atoms with E-state index in [4.69, 9.17) is 0 Å². The summed E-state index contributed by atoms with van der Waals surface area (Å²) in [5, 5.41) is 19.3. The molecule has 0 heterocycles. The van der Waals surface area contributed by atoms with Crippen molar-refractivity contribution in [1.82, 2.24) is 0 Å². The number of fused-ring (bicyclic) bond motifs is 8. The van der Waals surface area contributed by atoms with Gasteiger partial charge in [0.1, 0.15) is 0 Å². The van der Waals surface area contributed by atoms with Crippen molar-refractivity contribution in [2.24, 2.45) is 0 Å². The predicted molar refractivity (Wildman–Crippen MR) is 327 cm³/mol. The number of nitrogens with zero attached hydrogens (tertiary/aromatic N) is 2. The van der Waals surface area contributed by atoms with Crippen LogP contribution in [0, 0.1) is 0 Å². The molecule has 0 N–H and O–H groups in total. The molecule has 15 aromatic rings. The van der Waals surface area contributed by atoms with Crippen molar-refractivity contribution < 1.29 is 0 Å². The van der Waals surface area contributed by atoms with E-state index in [1.54, 1.807) is 0 Å². The lowest BCUT2D eigenvalue weighted by atomic mass is 9.84. The summed E-state index contributed by atoms with van der Waals surface area (Å²) >= 11 is 0. The van der Waals surface area contributed by atoms with E-state index in [0.717, 1.165) is 34.1 Å². The highest BCUT2D eigenvalue weighted by molar-refractivity contribution is 6.23. The van der Waals surface area contributed by atoms with Crippen LogP contribution in [0.1, 0.15) is 0 Å². The van der Waals surface area contributed by atoms with Crippen molar-refractivity contribution >= 4 is 120 Å². The zero-order valence-electron chi connectivity index (χ0n) is 41.6. The molecule has 0 aliphatic heterocycles. The van der Waals surface area contributed by atoms with Gasteiger partial charge in [-0.3, -0.25) is 0 Å². The summed E-state index contributed by atoms with van der Waals surface area (Å²) < 4.78 is 0. The molecule has 2 nitrogen and oxygen atoms in total. The Kier molecular flexibility index (Phi) is 10.2. The molecule has 0 spiro atoms. The van der Waals surface area contributed by atoms with Crippen LogP contribution in [-0.2, 0) is 0 Å². The molecule has 15 rings (SSSR count). The molecule has 2 heteroatoms. The van der Waals surface area contributed by atoms with Crippen LogP contribution in [0.15, 0.2) is 291 Å². The Bertz CT molecular complexity index is 4340. The van der Waals surface area contributed by atoms with Crippen LogP contribution >= 0.6 is 0 Å². The second kappa shape index (κ2) is 17.9. The molecule has 0 radical (unpaired) electrons. The van der Waals surface area contributed by atoms with E-state index in [1.807, 2.05) is 0 Å². The number of rotatable bonds is 8. The summed E-state index contributed by atoms with van der Waals surface area (Å²) in [6.07, 6.45) is 0. The van der Waals surface area contributed by atoms with Crippen LogP contribution in [-0.4, -0.2) is 0 Å². The highest BCUT2D eigenvalue weighted by Crippen LogP contribution is 2.50. The van der Waals surface area contributed by atoms with Crippen LogP contribution in [0.5, 0.6) is 0 Å². The summed E-state index contributed by atoms with van der Waals surface area (Å²) in [5.41, 5.74) is 11.3. The first kappa shape index (κ1) is 43.6. The highest BCUT2D eigenvalue weighted by atomic mass is 15.1. The standard InChI is InChI=1S/C74H48N2/c1-7-19-55-41-61(27-25-49(55)13-1)73-69-39-37-68(76(65-35-31-53-17-5-11-23-59(53)45-65)66-36-32-54-18-6-12-24-60(54)46-66)48-72(69)74(62-28-26-50-14-2-8-20-56(50)42-62)70-40-38-67(47-71(70)73)75(63-33-29-51-15-3-9-21-57(51)43-63)64-34-30-52-16-4-10-22-58(52)44-64/h1-48H. The van der Waals surface area contributed by atoms with Gasteiger partial charge >= 0.3 is 0 Å². The first-order chi connectivity index (χ1) is 37.6. The topological polar surface area (TPSA) is 6.48 Å². The first-order valence-electron chi connectivity index (χ1n) is 26.2. The fourth-order valence-electron chi connectivity index (χ4n) is 12.0. The molecule has 0 bridgehead atoms. The lowest BCUT2D eigenvalue weighted by Crippen LogP contribution is -2.10. The van der Waals surface area contributed by atoms with E-state index in [2.05, 4.69) is 301 Å². The zero-order chi connectivity index (χ0) is 50.1. The van der Waals surface area contributed by atoms with Gasteiger partial charge in [0, 0.05) is 34.1 Å². The molecule has 0 aliphatic carbocycles. The molecule has 0 amide bonds. The van der Waals surface area contributed by atoms with Crippen LogP contribution in [0.2, 0.25) is 0 Å². The fraction of sp³-hybridized carbons (Fsp3) is 0. The Morgan fingerprint density at radius 1 is 0.158 bits per heavy atom. The quantitative estimate of drug-likeness (QED) is 0.140. The maximum Gasteiger partial charge on any atom is 0.0468 e. The first-order valence-corrected chi connectivity index (χ1v) is 26.2. The molecule has 0 unspecified atom stereocenters. The summed E-state index contributed by atoms with van der Waals surface area (Å²) in [7, 11) is 0. The normalized spacial score (nSPS) is 11.7. The van der Waals surface area contributed by atoms with Gasteiger partial charge in [-0.2, -0.15) is 0 Å². The lowest BCUT2D eigenvalue weighted by molar-refractivity contribution is 1.30. The van der Waals surface area contributed by atoms with Gasteiger partial charge in [0.25, 0.3) is 0 Å². The van der Waals surface area contributed by atoms with E-state index in [-0.39, 0.29) is 0 Å². The van der Waals surface area contributed by atoms with Crippen LogP contribution < -0.4 is 9.80 Å². The third-order valence-corrected chi connectivity index (χ3v) is 15.6. The molecule has 0 fully saturated rings. The molecular formula is C74H48N2. The second-order valence-corrected chi connectivity index (χ2v) is 20.1. The van der Waals surface area contributed by atoms with E-state index in [9.17, 15) is 0 Å². The smallest absolute Gasteiger partial charge is 0.0468 e. The van der Waals surface area contributed by atoms with Gasteiger partial charge in [-0.05, 0) is 193 Å². The lowest BCUT2D eigenvalue weighted by Gasteiger charge is -2.29. The Morgan fingerprint density at radius 3 is 0.671 bits per heavy atom. The second-order valence-electron chi connectivity index (χ2n) is 20.1. The highest BCUT2D eigenvalue weighted by Gasteiger charge is 2.23. The van der Waals surface area contributed by atoms with Crippen molar-refractivity contribution in [3.8, 4) is 22.3 Å². The zero-order valence-corrected chi connectivity index (χ0v) is 41.6. The van der Waals surface area contributed by atoms with E-state index in [1.165, 1.54) is 108 Å². The van der Waals surface area contributed by atoms with Gasteiger partial charge in [0.05, 0.1) is 0 Å². The Hall–Kier alpha value is -10.0. The molecule has 0 saturated carbocycles.